The van der Waals surface area contributed by atoms with Gasteiger partial charge in [0.2, 0.25) is 0 Å². The molecule has 0 spiro atoms. The second-order valence-electron chi connectivity index (χ2n) is 6.01. The molecule has 5 nitrogen and oxygen atoms in total. The molecule has 2 rings (SSSR count). The Balaban J connectivity index is 2.02. The number of rotatable bonds is 2. The Morgan fingerprint density at radius 3 is 2.61 bits per heavy atom. The molecule has 3 N–H and O–H groups in total. The van der Waals surface area contributed by atoms with Gasteiger partial charge in [0.25, 0.3) is 5.91 Å². The molecule has 1 saturated carbocycles. The Morgan fingerprint density at radius 1 is 1.50 bits per heavy atom. The van der Waals surface area contributed by atoms with Gasteiger partial charge in [0, 0.05) is 13.1 Å². The zero-order chi connectivity index (χ0) is 13.3. The minimum atomic E-state index is -0.0605. The second kappa shape index (κ2) is 4.63. The van der Waals surface area contributed by atoms with Gasteiger partial charge in [-0.3, -0.25) is 9.89 Å². The van der Waals surface area contributed by atoms with E-state index >= 15 is 0 Å². The van der Waals surface area contributed by atoms with Gasteiger partial charge in [0.1, 0.15) is 5.69 Å². The van der Waals surface area contributed by atoms with Gasteiger partial charge in [0.05, 0.1) is 11.9 Å². The lowest BCUT2D eigenvalue weighted by molar-refractivity contribution is 0.0630. The van der Waals surface area contributed by atoms with Crippen molar-refractivity contribution in [3.05, 3.63) is 11.9 Å². The fourth-order valence-corrected chi connectivity index (χ4v) is 2.58. The predicted octanol–water partition coefficient (Wildman–Crippen LogP) is 2.03. The Kier molecular flexibility index (Phi) is 3.32. The summed E-state index contributed by atoms with van der Waals surface area (Å²) in [7, 11) is 1.85. The first kappa shape index (κ1) is 12.9. The minimum Gasteiger partial charge on any atom is -0.396 e. The number of aromatic nitrogens is 2. The summed E-state index contributed by atoms with van der Waals surface area (Å²) < 4.78 is 0. The first-order chi connectivity index (χ1) is 8.41. The molecule has 0 unspecified atom stereocenters. The molecule has 0 radical (unpaired) electrons. The van der Waals surface area contributed by atoms with Gasteiger partial charge < -0.3 is 10.6 Å². The zero-order valence-electron chi connectivity index (χ0n) is 11.4. The molecule has 0 saturated heterocycles. The molecule has 18 heavy (non-hydrogen) atoms. The molecule has 5 heteroatoms. The number of hydrogen-bond acceptors (Lipinski definition) is 3. The number of nitrogens with two attached hydrogens (primary N) is 1. The van der Waals surface area contributed by atoms with Gasteiger partial charge in [-0.05, 0) is 31.1 Å². The first-order valence-corrected chi connectivity index (χ1v) is 6.47. The number of anilines is 1. The maximum Gasteiger partial charge on any atom is 0.274 e. The summed E-state index contributed by atoms with van der Waals surface area (Å²) in [6.07, 6.45) is 5.92. The lowest BCUT2D eigenvalue weighted by atomic mass is 9.75. The molecule has 1 aromatic rings. The second-order valence-corrected chi connectivity index (χ2v) is 6.01. The van der Waals surface area contributed by atoms with Crippen molar-refractivity contribution in [2.45, 2.75) is 45.6 Å². The number of nitrogens with zero attached hydrogens (tertiary/aromatic N) is 2. The van der Waals surface area contributed by atoms with Crippen LogP contribution in [-0.4, -0.2) is 34.1 Å². The van der Waals surface area contributed by atoms with Crippen molar-refractivity contribution in [1.29, 1.82) is 0 Å². The van der Waals surface area contributed by atoms with Crippen molar-refractivity contribution >= 4 is 11.6 Å². The number of carbonyl (C=O) groups excluding carboxylic acids is 1. The van der Waals surface area contributed by atoms with Gasteiger partial charge in [-0.25, -0.2) is 0 Å². The molecule has 0 atom stereocenters. The van der Waals surface area contributed by atoms with Crippen LogP contribution in [0, 0.1) is 5.41 Å². The maximum absolute atomic E-state index is 12.3. The minimum absolute atomic E-state index is 0.0605. The van der Waals surface area contributed by atoms with Crippen LogP contribution in [0.2, 0.25) is 0 Å². The third kappa shape index (κ3) is 2.49. The average molecular weight is 250 g/mol. The summed E-state index contributed by atoms with van der Waals surface area (Å²) >= 11 is 0. The van der Waals surface area contributed by atoms with Crippen molar-refractivity contribution in [1.82, 2.24) is 15.1 Å². The van der Waals surface area contributed by atoms with E-state index in [1.807, 2.05) is 7.05 Å². The molecule has 0 aliphatic heterocycles. The predicted molar refractivity (Wildman–Crippen MR) is 71.1 cm³/mol. The van der Waals surface area contributed by atoms with Crippen molar-refractivity contribution < 1.29 is 4.79 Å². The van der Waals surface area contributed by atoms with Gasteiger partial charge >= 0.3 is 0 Å². The van der Waals surface area contributed by atoms with Crippen LogP contribution in [0.4, 0.5) is 5.69 Å². The topological polar surface area (TPSA) is 75.0 Å². The number of amides is 1. The molecule has 1 heterocycles. The highest BCUT2D eigenvalue weighted by atomic mass is 16.2. The van der Waals surface area contributed by atoms with E-state index in [0.717, 1.165) is 25.7 Å². The quantitative estimate of drug-likeness (QED) is 0.843. The Bertz CT molecular complexity index is 428. The van der Waals surface area contributed by atoms with Gasteiger partial charge in [-0.1, -0.05) is 13.8 Å². The number of aromatic amines is 1. The van der Waals surface area contributed by atoms with Gasteiger partial charge in [-0.2, -0.15) is 5.10 Å². The Morgan fingerprint density at radius 2 is 2.11 bits per heavy atom. The Labute approximate surface area is 108 Å². The standard InChI is InChI=1S/C13H22N4O/c1-13(2)6-4-9(5-7-13)17(3)12(18)11-10(14)8-15-16-11/h8-9H,4-7,14H2,1-3H3,(H,15,16). The van der Waals surface area contributed by atoms with E-state index in [4.69, 9.17) is 5.73 Å². The number of nitrogens with one attached hydrogen (secondary N) is 1. The van der Waals surface area contributed by atoms with Crippen molar-refractivity contribution in [2.24, 2.45) is 5.41 Å². The number of hydrogen-bond donors (Lipinski definition) is 2. The highest BCUT2D eigenvalue weighted by Crippen LogP contribution is 2.36. The monoisotopic (exact) mass is 250 g/mol. The SMILES string of the molecule is CN(C(=O)c1[nH]ncc1N)C1CCC(C)(C)CC1. The van der Waals surface area contributed by atoms with Crippen molar-refractivity contribution in [3.63, 3.8) is 0 Å². The molecular formula is C13H22N4O. The summed E-state index contributed by atoms with van der Waals surface area (Å²) in [6, 6.07) is 0.313. The third-order valence-corrected chi connectivity index (χ3v) is 4.06. The molecule has 1 aromatic heterocycles. The largest absolute Gasteiger partial charge is 0.396 e. The van der Waals surface area contributed by atoms with Gasteiger partial charge in [-0.15, -0.1) is 0 Å². The highest BCUT2D eigenvalue weighted by molar-refractivity contribution is 5.97. The lowest BCUT2D eigenvalue weighted by Gasteiger charge is -2.38. The number of carbonyl (C=O) groups is 1. The molecule has 100 valence electrons. The average Bonchev–Trinajstić information content (AvgIpc) is 2.73. The summed E-state index contributed by atoms with van der Waals surface area (Å²) in [5.41, 5.74) is 6.95. The molecular weight excluding hydrogens is 228 g/mol. The van der Waals surface area contributed by atoms with Crippen LogP contribution < -0.4 is 5.73 Å². The number of nitrogen functional groups attached to an aromatic ring is 1. The normalized spacial score (nSPS) is 19.7. The van der Waals surface area contributed by atoms with E-state index in [0.29, 0.717) is 22.8 Å². The van der Waals surface area contributed by atoms with Crippen LogP contribution in [0.5, 0.6) is 0 Å². The molecule has 0 bridgehead atoms. The van der Waals surface area contributed by atoms with E-state index in [2.05, 4.69) is 24.0 Å². The fraction of sp³-hybridized carbons (Fsp3) is 0.692. The van der Waals surface area contributed by atoms with E-state index < -0.39 is 0 Å². The third-order valence-electron chi connectivity index (χ3n) is 4.06. The fourth-order valence-electron chi connectivity index (χ4n) is 2.58. The van der Waals surface area contributed by atoms with E-state index in [1.165, 1.54) is 6.20 Å². The van der Waals surface area contributed by atoms with Crippen LogP contribution in [-0.2, 0) is 0 Å². The summed E-state index contributed by atoms with van der Waals surface area (Å²) in [4.78, 5) is 14.1. The van der Waals surface area contributed by atoms with Crippen molar-refractivity contribution in [3.8, 4) is 0 Å². The first-order valence-electron chi connectivity index (χ1n) is 6.47. The molecule has 1 aliphatic rings. The summed E-state index contributed by atoms with van der Waals surface area (Å²) in [5.74, 6) is -0.0605. The van der Waals surface area contributed by atoms with E-state index in [-0.39, 0.29) is 5.91 Å². The lowest BCUT2D eigenvalue weighted by Crippen LogP contribution is -2.41. The van der Waals surface area contributed by atoms with Crippen LogP contribution in [0.15, 0.2) is 6.20 Å². The van der Waals surface area contributed by atoms with Crippen LogP contribution in [0.3, 0.4) is 0 Å². The van der Waals surface area contributed by atoms with Crippen molar-refractivity contribution in [2.75, 3.05) is 12.8 Å². The van der Waals surface area contributed by atoms with Crippen LogP contribution in [0.25, 0.3) is 0 Å². The summed E-state index contributed by atoms with van der Waals surface area (Å²) in [6.45, 7) is 4.58. The van der Waals surface area contributed by atoms with Crippen LogP contribution >= 0.6 is 0 Å². The summed E-state index contributed by atoms with van der Waals surface area (Å²) in [5, 5.41) is 6.47. The molecule has 0 aromatic carbocycles. The van der Waals surface area contributed by atoms with E-state index in [9.17, 15) is 4.79 Å². The maximum atomic E-state index is 12.3. The molecule has 1 aliphatic carbocycles. The smallest absolute Gasteiger partial charge is 0.274 e. The zero-order valence-corrected chi connectivity index (χ0v) is 11.4. The van der Waals surface area contributed by atoms with Gasteiger partial charge in [0.15, 0.2) is 0 Å². The number of H-pyrrole nitrogens is 1. The molecule has 1 fully saturated rings. The Hall–Kier alpha value is -1.52. The van der Waals surface area contributed by atoms with Crippen LogP contribution in [0.1, 0.15) is 50.0 Å². The van der Waals surface area contributed by atoms with E-state index in [1.54, 1.807) is 4.90 Å². The highest BCUT2D eigenvalue weighted by Gasteiger charge is 2.31. The molecule has 1 amide bonds.